The maximum Gasteiger partial charge on any atom is 0.308 e. The molecule has 1 aromatic heterocycles. The first-order valence-corrected chi connectivity index (χ1v) is 16.2. The molecule has 2 bridgehead atoms. The van der Waals surface area contributed by atoms with E-state index in [1.54, 1.807) is 36.0 Å². The molecule has 3 heterocycles. The Balaban J connectivity index is 1.23. The second-order valence-electron chi connectivity index (χ2n) is 11.4. The predicted octanol–water partition coefficient (Wildman–Crippen LogP) is 6.94. The Morgan fingerprint density at radius 3 is 2.10 bits per heavy atom. The van der Waals surface area contributed by atoms with Crippen molar-refractivity contribution in [3.63, 3.8) is 0 Å². The summed E-state index contributed by atoms with van der Waals surface area (Å²) in [6.07, 6.45) is 0.853. The number of rotatable bonds is 4. The van der Waals surface area contributed by atoms with E-state index >= 15 is 0 Å². The van der Waals surface area contributed by atoms with Gasteiger partial charge in [0.1, 0.15) is 0 Å². The molecular formula is C32H24Cl2N2O3S2. The monoisotopic (exact) mass is 618 g/mol. The Morgan fingerprint density at radius 2 is 1.41 bits per heavy atom. The van der Waals surface area contributed by atoms with Gasteiger partial charge in [-0.1, -0.05) is 77.0 Å². The van der Waals surface area contributed by atoms with Gasteiger partial charge < -0.3 is 0 Å². The summed E-state index contributed by atoms with van der Waals surface area (Å²) < 4.78 is 1.91. The van der Waals surface area contributed by atoms with E-state index in [0.29, 0.717) is 22.3 Å². The van der Waals surface area contributed by atoms with Crippen LogP contribution in [0.5, 0.6) is 0 Å². The van der Waals surface area contributed by atoms with Gasteiger partial charge in [0.2, 0.25) is 11.8 Å². The second kappa shape index (κ2) is 9.60. The first-order valence-electron chi connectivity index (χ1n) is 13.7. The lowest BCUT2D eigenvalue weighted by atomic mass is 9.68. The van der Waals surface area contributed by atoms with Crippen LogP contribution in [0.15, 0.2) is 88.7 Å². The van der Waals surface area contributed by atoms with Crippen LogP contribution >= 0.6 is 46.3 Å². The lowest BCUT2D eigenvalue weighted by molar-refractivity contribution is -0.123. The number of hydrogen-bond donors (Lipinski definition) is 0. The molecule has 2 aliphatic carbocycles. The van der Waals surface area contributed by atoms with Gasteiger partial charge in [0.25, 0.3) is 0 Å². The SMILES string of the molecule is O=C1[C@@H]2[C@H]3C[C@@H]([C@@H]2C(=O)N1c1ccc(Cl)cc1)[C@@H]1[C@H](c2ccc(Cl)cc2)c2sc(=O)n(Cc4ccccc4)c2S[C@H]31. The van der Waals surface area contributed by atoms with E-state index in [0.717, 1.165) is 27.5 Å². The molecule has 3 fully saturated rings. The van der Waals surface area contributed by atoms with Crippen molar-refractivity contribution < 1.29 is 9.59 Å². The number of carbonyl (C=O) groups is 2. The van der Waals surface area contributed by atoms with Gasteiger partial charge in [-0.05, 0) is 71.7 Å². The molecule has 4 aliphatic rings. The highest BCUT2D eigenvalue weighted by molar-refractivity contribution is 8.00. The highest BCUT2D eigenvalue weighted by atomic mass is 35.5. The van der Waals surface area contributed by atoms with Crippen LogP contribution in [-0.4, -0.2) is 21.6 Å². The smallest absolute Gasteiger partial charge is 0.289 e. The number of amides is 2. The van der Waals surface area contributed by atoms with Crippen molar-refractivity contribution in [1.82, 2.24) is 4.57 Å². The second-order valence-corrected chi connectivity index (χ2v) is 14.4. The fourth-order valence-corrected chi connectivity index (χ4v) is 11.3. The zero-order chi connectivity index (χ0) is 28.0. The number of benzene rings is 3. The number of imide groups is 1. The molecule has 41 heavy (non-hydrogen) atoms. The minimum Gasteiger partial charge on any atom is -0.289 e. The average molecular weight is 620 g/mol. The molecule has 4 aromatic rings. The zero-order valence-electron chi connectivity index (χ0n) is 21.7. The fraction of sp³-hybridized carbons (Fsp3) is 0.281. The fourth-order valence-electron chi connectivity index (χ4n) is 7.91. The lowest BCUT2D eigenvalue weighted by Crippen LogP contribution is -2.43. The maximum atomic E-state index is 13.9. The topological polar surface area (TPSA) is 59.4 Å². The van der Waals surface area contributed by atoms with Crippen LogP contribution in [0.2, 0.25) is 10.0 Å². The van der Waals surface area contributed by atoms with Gasteiger partial charge in [-0.3, -0.25) is 23.9 Å². The predicted molar refractivity (Wildman–Crippen MR) is 163 cm³/mol. The molecule has 2 aliphatic heterocycles. The van der Waals surface area contributed by atoms with E-state index in [4.69, 9.17) is 23.2 Å². The molecule has 2 saturated carbocycles. The highest BCUT2D eigenvalue weighted by Crippen LogP contribution is 2.69. The average Bonchev–Trinajstić information content (AvgIpc) is 3.69. The Bertz CT molecular complexity index is 1750. The summed E-state index contributed by atoms with van der Waals surface area (Å²) in [5.74, 6) is -0.649. The van der Waals surface area contributed by atoms with Gasteiger partial charge in [0, 0.05) is 26.1 Å². The normalized spacial score (nSPS) is 29.5. The molecule has 5 nitrogen and oxygen atoms in total. The van der Waals surface area contributed by atoms with E-state index in [1.165, 1.54) is 16.2 Å². The molecule has 0 unspecified atom stereocenters. The molecular weight excluding hydrogens is 595 g/mol. The first kappa shape index (κ1) is 25.8. The molecule has 1 saturated heterocycles. The standard InChI is InChI=1S/C32H24Cl2N2O3S2/c33-18-8-6-17(7-9-18)23-24-21-14-22(26-25(21)29(37)36(30(26)38)20-12-10-19(34)11-13-20)27(24)40-31-28(23)41-32(39)35(31)15-16-4-2-1-3-5-16/h1-13,21-27H,14-15H2/t21-,22-,23+,24-,25+,26-,27-/m1/s1. The summed E-state index contributed by atoms with van der Waals surface area (Å²) in [4.78, 5) is 43.8. The van der Waals surface area contributed by atoms with Crippen LogP contribution in [0.1, 0.15) is 28.3 Å². The van der Waals surface area contributed by atoms with Crippen LogP contribution in [0.4, 0.5) is 5.69 Å². The molecule has 3 aromatic carbocycles. The number of thioether (sulfide) groups is 1. The minimum absolute atomic E-state index is 0.0268. The van der Waals surface area contributed by atoms with E-state index in [-0.39, 0.29) is 57.4 Å². The van der Waals surface area contributed by atoms with Crippen molar-refractivity contribution in [2.24, 2.45) is 29.6 Å². The largest absolute Gasteiger partial charge is 0.308 e. The number of nitrogens with zero attached hydrogens (tertiary/aromatic N) is 2. The Labute approximate surface area is 255 Å². The third-order valence-corrected chi connectivity index (χ3v) is 12.7. The van der Waals surface area contributed by atoms with Crippen molar-refractivity contribution in [3.8, 4) is 0 Å². The quantitative estimate of drug-likeness (QED) is 0.232. The number of halogens is 2. The Kier molecular flexibility index (Phi) is 6.05. The number of anilines is 1. The summed E-state index contributed by atoms with van der Waals surface area (Å²) in [5, 5.41) is 2.36. The van der Waals surface area contributed by atoms with Crippen LogP contribution < -0.4 is 9.77 Å². The lowest BCUT2D eigenvalue weighted by Gasteiger charge is -2.43. The molecule has 0 radical (unpaired) electrons. The van der Waals surface area contributed by atoms with Crippen molar-refractivity contribution in [3.05, 3.63) is 115 Å². The van der Waals surface area contributed by atoms with Crippen molar-refractivity contribution in [1.29, 1.82) is 0 Å². The summed E-state index contributed by atoms with van der Waals surface area (Å²) >= 11 is 15.5. The van der Waals surface area contributed by atoms with Crippen molar-refractivity contribution >= 4 is 63.8 Å². The number of carbonyl (C=O) groups excluding carboxylic acids is 2. The zero-order valence-corrected chi connectivity index (χ0v) is 24.8. The van der Waals surface area contributed by atoms with E-state index in [9.17, 15) is 14.4 Å². The van der Waals surface area contributed by atoms with Crippen LogP contribution in [0.25, 0.3) is 0 Å². The molecule has 7 atom stereocenters. The number of fused-ring (bicyclic) bond motifs is 9. The van der Waals surface area contributed by atoms with Gasteiger partial charge in [0.05, 0.1) is 29.1 Å². The minimum atomic E-state index is -0.343. The van der Waals surface area contributed by atoms with E-state index < -0.39 is 0 Å². The van der Waals surface area contributed by atoms with Crippen molar-refractivity contribution in [2.45, 2.75) is 29.2 Å². The molecule has 206 valence electrons. The number of aromatic nitrogens is 1. The van der Waals surface area contributed by atoms with Crippen LogP contribution in [-0.2, 0) is 16.1 Å². The third-order valence-electron chi connectivity index (χ3n) is 9.45. The van der Waals surface area contributed by atoms with Crippen LogP contribution in [0.3, 0.4) is 0 Å². The number of thiazole rings is 1. The Hall–Kier alpha value is -2.84. The van der Waals surface area contributed by atoms with Gasteiger partial charge in [-0.2, -0.15) is 0 Å². The van der Waals surface area contributed by atoms with E-state index in [1.807, 2.05) is 47.0 Å². The highest BCUT2D eigenvalue weighted by Gasteiger charge is 2.69. The number of hydrogen-bond acceptors (Lipinski definition) is 5. The molecule has 2 amide bonds. The summed E-state index contributed by atoms with van der Waals surface area (Å²) in [6, 6.07) is 24.9. The third kappa shape index (κ3) is 3.86. The maximum absolute atomic E-state index is 13.9. The van der Waals surface area contributed by atoms with Gasteiger partial charge in [-0.25, -0.2) is 0 Å². The molecule has 0 spiro atoms. The summed E-state index contributed by atoms with van der Waals surface area (Å²) in [6.45, 7) is 0.505. The molecule has 8 rings (SSSR count). The Morgan fingerprint density at radius 1 is 0.780 bits per heavy atom. The molecule has 0 N–H and O–H groups in total. The molecule has 9 heteroatoms. The van der Waals surface area contributed by atoms with Gasteiger partial charge in [0.15, 0.2) is 0 Å². The van der Waals surface area contributed by atoms with Crippen molar-refractivity contribution in [2.75, 3.05) is 4.90 Å². The van der Waals surface area contributed by atoms with Gasteiger partial charge in [-0.15, -0.1) is 11.8 Å². The van der Waals surface area contributed by atoms with Crippen LogP contribution in [0, 0.1) is 29.6 Å². The van der Waals surface area contributed by atoms with Gasteiger partial charge >= 0.3 is 4.87 Å². The van der Waals surface area contributed by atoms with E-state index in [2.05, 4.69) is 12.1 Å². The summed E-state index contributed by atoms with van der Waals surface area (Å²) in [5.41, 5.74) is 2.76. The first-order chi connectivity index (χ1) is 19.9. The summed E-state index contributed by atoms with van der Waals surface area (Å²) in [7, 11) is 0.